The highest BCUT2D eigenvalue weighted by Crippen LogP contribution is 2.31. The number of hydrogen-bond donors (Lipinski definition) is 1. The van der Waals surface area contributed by atoms with Crippen LogP contribution in [0.4, 0.5) is 17.5 Å². The van der Waals surface area contributed by atoms with E-state index in [2.05, 4.69) is 15.3 Å². The molecule has 0 spiro atoms. The zero-order valence-electron chi connectivity index (χ0n) is 12.1. The van der Waals surface area contributed by atoms with Crippen LogP contribution in [0.1, 0.15) is 38.3 Å². The molecule has 1 aromatic heterocycles. The van der Waals surface area contributed by atoms with Gasteiger partial charge in [0.05, 0.1) is 4.92 Å². The zero-order valence-corrected chi connectivity index (χ0v) is 12.1. The van der Waals surface area contributed by atoms with Crippen LogP contribution in [0.3, 0.4) is 0 Å². The van der Waals surface area contributed by atoms with Crippen LogP contribution in [-0.2, 0) is 0 Å². The summed E-state index contributed by atoms with van der Waals surface area (Å²) in [4.78, 5) is 21.5. The fraction of sp³-hybridized carbons (Fsp3) is 0.692. The molecule has 0 radical (unpaired) electrons. The quantitative estimate of drug-likeness (QED) is 0.673. The van der Waals surface area contributed by atoms with Crippen molar-refractivity contribution in [3.8, 4) is 0 Å². The maximum absolute atomic E-state index is 11.3. The molecule has 0 unspecified atom stereocenters. The van der Waals surface area contributed by atoms with Gasteiger partial charge in [0.2, 0.25) is 11.8 Å². The Kier molecular flexibility index (Phi) is 4.70. The Bertz CT molecular complexity index is 484. The Morgan fingerprint density at radius 1 is 1.25 bits per heavy atom. The predicted molar refractivity (Wildman–Crippen MR) is 78.3 cm³/mol. The number of hydrogen-bond acceptors (Lipinski definition) is 6. The second-order valence-corrected chi connectivity index (χ2v) is 4.99. The standard InChI is InChI=1S/C13H21N5O2/c1-3-14-13-15-10(2)11(18(19)20)12(16-13)17-8-6-4-5-7-9-17/h3-9H2,1-2H3,(H,14,15,16). The van der Waals surface area contributed by atoms with Gasteiger partial charge in [0.1, 0.15) is 5.69 Å². The molecule has 1 aliphatic rings. The molecule has 7 nitrogen and oxygen atoms in total. The third-order valence-corrected chi connectivity index (χ3v) is 3.46. The summed E-state index contributed by atoms with van der Waals surface area (Å²) in [5.74, 6) is 0.926. The molecule has 1 saturated heterocycles. The fourth-order valence-corrected chi connectivity index (χ4v) is 2.51. The summed E-state index contributed by atoms with van der Waals surface area (Å²) >= 11 is 0. The largest absolute Gasteiger partial charge is 0.354 e. The first-order valence-corrected chi connectivity index (χ1v) is 7.15. The maximum atomic E-state index is 11.3. The van der Waals surface area contributed by atoms with Crippen molar-refractivity contribution in [1.29, 1.82) is 0 Å². The monoisotopic (exact) mass is 279 g/mol. The van der Waals surface area contributed by atoms with Crippen molar-refractivity contribution in [2.24, 2.45) is 0 Å². The molecule has 0 amide bonds. The van der Waals surface area contributed by atoms with Crippen LogP contribution in [0.2, 0.25) is 0 Å². The van der Waals surface area contributed by atoms with Gasteiger partial charge in [-0.05, 0) is 26.7 Å². The van der Waals surface area contributed by atoms with Gasteiger partial charge in [-0.2, -0.15) is 4.98 Å². The maximum Gasteiger partial charge on any atom is 0.332 e. The second-order valence-electron chi connectivity index (χ2n) is 4.99. The first-order chi connectivity index (χ1) is 9.63. The minimum Gasteiger partial charge on any atom is -0.354 e. The smallest absolute Gasteiger partial charge is 0.332 e. The zero-order chi connectivity index (χ0) is 14.5. The van der Waals surface area contributed by atoms with Crippen molar-refractivity contribution in [2.75, 3.05) is 29.9 Å². The molecule has 110 valence electrons. The lowest BCUT2D eigenvalue weighted by Crippen LogP contribution is -2.27. The molecule has 2 heterocycles. The highest BCUT2D eigenvalue weighted by atomic mass is 16.6. The lowest BCUT2D eigenvalue weighted by atomic mass is 10.2. The Hall–Kier alpha value is -1.92. The number of rotatable bonds is 4. The highest BCUT2D eigenvalue weighted by Gasteiger charge is 2.26. The summed E-state index contributed by atoms with van der Waals surface area (Å²) in [6.07, 6.45) is 4.45. The third-order valence-electron chi connectivity index (χ3n) is 3.46. The number of aromatic nitrogens is 2. The highest BCUT2D eigenvalue weighted by molar-refractivity contribution is 5.62. The Balaban J connectivity index is 2.43. The fourth-order valence-electron chi connectivity index (χ4n) is 2.51. The minimum atomic E-state index is -0.370. The van der Waals surface area contributed by atoms with E-state index >= 15 is 0 Å². The number of nitrogens with zero attached hydrogens (tertiary/aromatic N) is 4. The molecule has 2 rings (SSSR count). The molecular formula is C13H21N5O2. The van der Waals surface area contributed by atoms with Gasteiger partial charge in [0.25, 0.3) is 0 Å². The van der Waals surface area contributed by atoms with Crippen LogP contribution in [0, 0.1) is 17.0 Å². The molecule has 0 saturated carbocycles. The Morgan fingerprint density at radius 3 is 2.45 bits per heavy atom. The van der Waals surface area contributed by atoms with Crippen molar-refractivity contribution in [3.63, 3.8) is 0 Å². The van der Waals surface area contributed by atoms with Gasteiger partial charge >= 0.3 is 5.69 Å². The van der Waals surface area contributed by atoms with Gasteiger partial charge in [-0.25, -0.2) is 4.98 Å². The number of nitrogens with one attached hydrogen (secondary N) is 1. The first kappa shape index (κ1) is 14.5. The van der Waals surface area contributed by atoms with E-state index in [-0.39, 0.29) is 10.6 Å². The van der Waals surface area contributed by atoms with E-state index in [1.165, 1.54) is 12.8 Å². The van der Waals surface area contributed by atoms with E-state index in [1.54, 1.807) is 6.92 Å². The molecule has 0 aromatic carbocycles. The minimum absolute atomic E-state index is 0.0357. The van der Waals surface area contributed by atoms with Crippen LogP contribution in [0.15, 0.2) is 0 Å². The number of nitro groups is 1. The lowest BCUT2D eigenvalue weighted by molar-refractivity contribution is -0.385. The molecule has 1 aliphatic heterocycles. The van der Waals surface area contributed by atoms with E-state index in [1.807, 2.05) is 11.8 Å². The van der Waals surface area contributed by atoms with E-state index in [0.717, 1.165) is 25.9 Å². The molecule has 0 bridgehead atoms. The molecule has 1 N–H and O–H groups in total. The van der Waals surface area contributed by atoms with Crippen LogP contribution in [-0.4, -0.2) is 34.5 Å². The number of aryl methyl sites for hydroxylation is 1. The molecule has 0 aliphatic carbocycles. The third kappa shape index (κ3) is 3.15. The Labute approximate surface area is 118 Å². The van der Waals surface area contributed by atoms with Gasteiger partial charge in [-0.15, -0.1) is 0 Å². The van der Waals surface area contributed by atoms with Crippen molar-refractivity contribution < 1.29 is 4.92 Å². The lowest BCUT2D eigenvalue weighted by Gasteiger charge is -2.22. The van der Waals surface area contributed by atoms with Gasteiger partial charge in [0.15, 0.2) is 0 Å². The molecular weight excluding hydrogens is 258 g/mol. The van der Waals surface area contributed by atoms with Gasteiger partial charge < -0.3 is 10.2 Å². The van der Waals surface area contributed by atoms with E-state index < -0.39 is 0 Å². The summed E-state index contributed by atoms with van der Waals surface area (Å²) in [6.45, 7) is 5.95. The van der Waals surface area contributed by atoms with E-state index in [4.69, 9.17) is 0 Å². The number of anilines is 2. The Morgan fingerprint density at radius 2 is 1.90 bits per heavy atom. The SMILES string of the molecule is CCNc1nc(C)c([N+](=O)[O-])c(N2CCCCCC2)n1. The molecule has 1 aromatic rings. The van der Waals surface area contributed by atoms with Crippen molar-refractivity contribution >= 4 is 17.5 Å². The molecule has 7 heteroatoms. The first-order valence-electron chi connectivity index (χ1n) is 7.15. The summed E-state index contributed by atoms with van der Waals surface area (Å²) in [5.41, 5.74) is 0.453. The predicted octanol–water partition coefficient (Wildman–Crippen LogP) is 2.51. The van der Waals surface area contributed by atoms with Crippen molar-refractivity contribution in [1.82, 2.24) is 9.97 Å². The summed E-state index contributed by atoms with van der Waals surface area (Å²) in [5, 5.41) is 14.4. The van der Waals surface area contributed by atoms with Crippen LogP contribution in [0.5, 0.6) is 0 Å². The van der Waals surface area contributed by atoms with Gasteiger partial charge in [-0.1, -0.05) is 12.8 Å². The van der Waals surface area contributed by atoms with E-state index in [0.29, 0.717) is 24.0 Å². The normalized spacial score (nSPS) is 15.8. The van der Waals surface area contributed by atoms with Crippen molar-refractivity contribution in [2.45, 2.75) is 39.5 Å². The average Bonchev–Trinajstić information content (AvgIpc) is 2.66. The summed E-state index contributed by atoms with van der Waals surface area (Å²) < 4.78 is 0. The van der Waals surface area contributed by atoms with Crippen LogP contribution < -0.4 is 10.2 Å². The second kappa shape index (κ2) is 6.49. The molecule has 0 atom stereocenters. The van der Waals surface area contributed by atoms with Crippen LogP contribution >= 0.6 is 0 Å². The molecule has 20 heavy (non-hydrogen) atoms. The van der Waals surface area contributed by atoms with Gasteiger partial charge in [0, 0.05) is 19.6 Å². The molecule has 1 fully saturated rings. The van der Waals surface area contributed by atoms with E-state index in [9.17, 15) is 10.1 Å². The summed E-state index contributed by atoms with van der Waals surface area (Å²) in [7, 11) is 0. The average molecular weight is 279 g/mol. The summed E-state index contributed by atoms with van der Waals surface area (Å²) in [6, 6.07) is 0. The van der Waals surface area contributed by atoms with Crippen molar-refractivity contribution in [3.05, 3.63) is 15.8 Å². The topological polar surface area (TPSA) is 84.2 Å². The van der Waals surface area contributed by atoms with Crippen LogP contribution in [0.25, 0.3) is 0 Å². The van der Waals surface area contributed by atoms with Gasteiger partial charge in [-0.3, -0.25) is 10.1 Å².